The SMILES string of the molecule is C[C@H](Sc1nc(-c2ccccc2)cs1)C(=O)Nc1ccc(F)c([N+](=O)[O-])c1. The van der Waals surface area contributed by atoms with Crippen molar-refractivity contribution in [2.24, 2.45) is 0 Å². The summed E-state index contributed by atoms with van der Waals surface area (Å²) in [5.41, 5.74) is 1.33. The molecule has 0 fully saturated rings. The Morgan fingerprint density at radius 3 is 2.74 bits per heavy atom. The number of nitro groups is 1. The smallest absolute Gasteiger partial charge is 0.306 e. The zero-order chi connectivity index (χ0) is 19.4. The van der Waals surface area contributed by atoms with Gasteiger partial charge in [0.25, 0.3) is 0 Å². The normalized spacial score (nSPS) is 11.8. The van der Waals surface area contributed by atoms with E-state index in [0.29, 0.717) is 0 Å². The van der Waals surface area contributed by atoms with Crippen LogP contribution in [0, 0.1) is 15.9 Å². The maximum absolute atomic E-state index is 13.4. The van der Waals surface area contributed by atoms with Crippen molar-refractivity contribution >= 4 is 40.4 Å². The van der Waals surface area contributed by atoms with Gasteiger partial charge >= 0.3 is 5.69 Å². The van der Waals surface area contributed by atoms with Gasteiger partial charge in [0.2, 0.25) is 11.7 Å². The predicted octanol–water partition coefficient (Wildman–Crippen LogP) is 4.98. The quantitative estimate of drug-likeness (QED) is 0.357. The van der Waals surface area contributed by atoms with E-state index in [2.05, 4.69) is 10.3 Å². The number of carbonyl (C=O) groups excluding carboxylic acids is 1. The first kappa shape index (κ1) is 19.0. The molecule has 2 aromatic carbocycles. The number of nitrogens with zero attached hydrogens (tertiary/aromatic N) is 2. The van der Waals surface area contributed by atoms with Crippen LogP contribution < -0.4 is 5.32 Å². The van der Waals surface area contributed by atoms with Gasteiger partial charge in [-0.15, -0.1) is 11.3 Å². The standard InChI is InChI=1S/C18H14FN3O3S2/c1-11(17(23)20-13-7-8-14(19)16(9-13)22(24)25)27-18-21-15(10-26-18)12-5-3-2-4-6-12/h2-11H,1H3,(H,20,23)/t11-/m0/s1. The molecule has 138 valence electrons. The van der Waals surface area contributed by atoms with Crippen LogP contribution in [0.4, 0.5) is 15.8 Å². The third kappa shape index (κ3) is 4.69. The summed E-state index contributed by atoms with van der Waals surface area (Å²) in [6.45, 7) is 1.71. The van der Waals surface area contributed by atoms with Gasteiger partial charge in [-0.05, 0) is 19.1 Å². The van der Waals surface area contributed by atoms with Crippen molar-refractivity contribution in [2.45, 2.75) is 16.5 Å². The molecule has 0 aliphatic carbocycles. The number of amides is 1. The number of nitrogens with one attached hydrogen (secondary N) is 1. The molecule has 27 heavy (non-hydrogen) atoms. The summed E-state index contributed by atoms with van der Waals surface area (Å²) in [4.78, 5) is 26.8. The van der Waals surface area contributed by atoms with Gasteiger partial charge in [0, 0.05) is 22.7 Å². The minimum absolute atomic E-state index is 0.171. The van der Waals surface area contributed by atoms with E-state index in [1.807, 2.05) is 35.7 Å². The van der Waals surface area contributed by atoms with Crippen LogP contribution in [-0.2, 0) is 4.79 Å². The van der Waals surface area contributed by atoms with E-state index in [-0.39, 0.29) is 11.6 Å². The van der Waals surface area contributed by atoms with Crippen molar-refractivity contribution in [3.8, 4) is 11.3 Å². The Kier molecular flexibility index (Phi) is 5.82. The van der Waals surface area contributed by atoms with Crippen molar-refractivity contribution in [2.75, 3.05) is 5.32 Å². The van der Waals surface area contributed by atoms with Crippen LogP contribution in [-0.4, -0.2) is 21.1 Å². The van der Waals surface area contributed by atoms with Crippen molar-refractivity contribution < 1.29 is 14.1 Å². The maximum Gasteiger partial charge on any atom is 0.306 e. The van der Waals surface area contributed by atoms with Crippen LogP contribution in [0.15, 0.2) is 58.3 Å². The number of hydrogen-bond acceptors (Lipinski definition) is 6. The van der Waals surface area contributed by atoms with Gasteiger partial charge in [-0.2, -0.15) is 4.39 Å². The van der Waals surface area contributed by atoms with Crippen molar-refractivity contribution in [1.29, 1.82) is 0 Å². The number of carbonyl (C=O) groups is 1. The zero-order valence-corrected chi connectivity index (χ0v) is 15.7. The highest BCUT2D eigenvalue weighted by molar-refractivity contribution is 8.02. The Hall–Kier alpha value is -2.78. The number of hydrogen-bond donors (Lipinski definition) is 1. The number of aromatic nitrogens is 1. The topological polar surface area (TPSA) is 85.1 Å². The van der Waals surface area contributed by atoms with Crippen LogP contribution >= 0.6 is 23.1 Å². The molecule has 3 aromatic rings. The average Bonchev–Trinajstić information content (AvgIpc) is 3.12. The molecule has 0 aliphatic heterocycles. The molecule has 0 spiro atoms. The van der Waals surface area contributed by atoms with Crippen LogP contribution in [0.2, 0.25) is 0 Å². The molecule has 1 atom stereocenters. The number of thiazole rings is 1. The molecule has 1 amide bonds. The molecule has 9 heteroatoms. The highest BCUT2D eigenvalue weighted by Crippen LogP contribution is 2.31. The summed E-state index contributed by atoms with van der Waals surface area (Å²) < 4.78 is 14.1. The fraction of sp³-hybridized carbons (Fsp3) is 0.111. The molecule has 0 radical (unpaired) electrons. The highest BCUT2D eigenvalue weighted by atomic mass is 32.2. The second kappa shape index (κ2) is 8.28. The van der Waals surface area contributed by atoms with E-state index in [1.54, 1.807) is 6.92 Å². The van der Waals surface area contributed by atoms with Crippen molar-refractivity contribution in [1.82, 2.24) is 4.98 Å². The first-order chi connectivity index (χ1) is 12.9. The van der Waals surface area contributed by atoms with Gasteiger partial charge in [0.1, 0.15) is 0 Å². The fourth-order valence-corrected chi connectivity index (χ4v) is 4.20. The van der Waals surface area contributed by atoms with Gasteiger partial charge in [0.15, 0.2) is 4.34 Å². The molecule has 1 heterocycles. The van der Waals surface area contributed by atoms with Crippen LogP contribution in [0.5, 0.6) is 0 Å². The molecule has 1 N–H and O–H groups in total. The van der Waals surface area contributed by atoms with E-state index in [1.165, 1.54) is 29.2 Å². The summed E-state index contributed by atoms with van der Waals surface area (Å²) in [6, 6.07) is 13.0. The molecule has 0 saturated heterocycles. The first-order valence-corrected chi connectivity index (χ1v) is 9.62. The largest absolute Gasteiger partial charge is 0.325 e. The van der Waals surface area contributed by atoms with Gasteiger partial charge in [-0.1, -0.05) is 42.1 Å². The first-order valence-electron chi connectivity index (χ1n) is 7.86. The van der Waals surface area contributed by atoms with Gasteiger partial charge < -0.3 is 5.32 Å². The molecule has 6 nitrogen and oxygen atoms in total. The average molecular weight is 403 g/mol. The Balaban J connectivity index is 1.65. The molecular weight excluding hydrogens is 389 g/mol. The number of halogens is 1. The summed E-state index contributed by atoms with van der Waals surface area (Å²) in [7, 11) is 0. The van der Waals surface area contributed by atoms with Crippen molar-refractivity contribution in [3.05, 3.63) is 69.8 Å². The minimum Gasteiger partial charge on any atom is -0.325 e. The summed E-state index contributed by atoms with van der Waals surface area (Å²) >= 11 is 2.73. The summed E-state index contributed by atoms with van der Waals surface area (Å²) in [5.74, 6) is -1.30. The lowest BCUT2D eigenvalue weighted by Gasteiger charge is -2.10. The Morgan fingerprint density at radius 1 is 1.30 bits per heavy atom. The monoisotopic (exact) mass is 403 g/mol. The summed E-state index contributed by atoms with van der Waals surface area (Å²) in [5, 5.41) is 14.8. The second-order valence-electron chi connectivity index (χ2n) is 5.54. The number of benzene rings is 2. The van der Waals surface area contributed by atoms with E-state index >= 15 is 0 Å². The van der Waals surface area contributed by atoms with Crippen LogP contribution in [0.25, 0.3) is 11.3 Å². The molecule has 0 bridgehead atoms. The van der Waals surface area contributed by atoms with Crippen molar-refractivity contribution in [3.63, 3.8) is 0 Å². The number of anilines is 1. The van der Waals surface area contributed by atoms with E-state index < -0.39 is 21.7 Å². The third-order valence-corrected chi connectivity index (χ3v) is 5.68. The molecule has 1 aromatic heterocycles. The fourth-order valence-electron chi connectivity index (χ4n) is 2.23. The van der Waals surface area contributed by atoms with Gasteiger partial charge in [-0.25, -0.2) is 4.98 Å². The Labute approximate surface area is 162 Å². The lowest BCUT2D eigenvalue weighted by molar-refractivity contribution is -0.387. The van der Waals surface area contributed by atoms with Gasteiger partial charge in [0.05, 0.1) is 15.9 Å². The van der Waals surface area contributed by atoms with E-state index in [0.717, 1.165) is 27.7 Å². The maximum atomic E-state index is 13.4. The third-order valence-electron chi connectivity index (χ3n) is 3.61. The molecule has 0 saturated carbocycles. The number of thioether (sulfide) groups is 1. The van der Waals surface area contributed by atoms with Gasteiger partial charge in [-0.3, -0.25) is 14.9 Å². The minimum atomic E-state index is -0.948. The van der Waals surface area contributed by atoms with Crippen LogP contribution in [0.1, 0.15) is 6.92 Å². The van der Waals surface area contributed by atoms with E-state index in [9.17, 15) is 19.3 Å². The molecule has 0 aliphatic rings. The Bertz CT molecular complexity index is 979. The molecule has 3 rings (SSSR count). The van der Waals surface area contributed by atoms with E-state index in [4.69, 9.17) is 0 Å². The lowest BCUT2D eigenvalue weighted by atomic mass is 10.2. The molecular formula is C18H14FN3O3S2. The number of nitro benzene ring substituents is 1. The second-order valence-corrected chi connectivity index (χ2v) is 7.98. The Morgan fingerprint density at radius 2 is 2.04 bits per heavy atom. The van der Waals surface area contributed by atoms with Crippen LogP contribution in [0.3, 0.4) is 0 Å². The number of rotatable bonds is 6. The summed E-state index contributed by atoms with van der Waals surface area (Å²) in [6.07, 6.45) is 0. The molecule has 0 unspecified atom stereocenters. The zero-order valence-electron chi connectivity index (χ0n) is 14.1. The predicted molar refractivity (Wildman–Crippen MR) is 105 cm³/mol. The lowest BCUT2D eigenvalue weighted by Crippen LogP contribution is -2.22. The highest BCUT2D eigenvalue weighted by Gasteiger charge is 2.19.